The third-order valence-corrected chi connectivity index (χ3v) is 4.23. The number of nitrogens with one attached hydrogen (secondary N) is 1. The molecule has 27 heavy (non-hydrogen) atoms. The number of hydrogen-bond donors (Lipinski definition) is 2. The standard InChI is InChI=1S/C17H16F3N5O2/c1-9-5-10(17(18,19)20)6-13(26)15(9)12-4-3-11(22-23-12)7-25-14(27)8-24(2)16(25)21/h3-6,21,26H,7-8H2,1-2H3. The summed E-state index contributed by atoms with van der Waals surface area (Å²) in [6.07, 6.45) is -4.56. The van der Waals surface area contributed by atoms with E-state index in [9.17, 15) is 23.1 Å². The number of guanidine groups is 1. The summed E-state index contributed by atoms with van der Waals surface area (Å²) in [6, 6.07) is 4.64. The first-order valence-corrected chi connectivity index (χ1v) is 7.91. The summed E-state index contributed by atoms with van der Waals surface area (Å²) in [5.74, 6) is -0.714. The molecule has 10 heteroatoms. The Kier molecular flexibility index (Phi) is 4.50. The summed E-state index contributed by atoms with van der Waals surface area (Å²) < 4.78 is 38.5. The minimum absolute atomic E-state index is 0.0575. The number of rotatable bonds is 3. The number of halogens is 3. The van der Waals surface area contributed by atoms with Gasteiger partial charge in [-0.1, -0.05) is 0 Å². The van der Waals surface area contributed by atoms with E-state index in [1.54, 1.807) is 13.1 Å². The number of amides is 1. The zero-order valence-corrected chi connectivity index (χ0v) is 14.5. The highest BCUT2D eigenvalue weighted by molar-refractivity contribution is 6.02. The normalized spacial score (nSPS) is 15.0. The van der Waals surface area contributed by atoms with Crippen LogP contribution < -0.4 is 0 Å². The Morgan fingerprint density at radius 1 is 1.26 bits per heavy atom. The van der Waals surface area contributed by atoms with Gasteiger partial charge in [-0.15, -0.1) is 0 Å². The Bertz CT molecular complexity index is 889. The highest BCUT2D eigenvalue weighted by Crippen LogP contribution is 2.38. The number of likely N-dealkylation sites (N-methyl/N-ethyl adjacent to an activating group) is 1. The van der Waals surface area contributed by atoms with Gasteiger partial charge >= 0.3 is 6.18 Å². The molecule has 2 N–H and O–H groups in total. The van der Waals surface area contributed by atoms with Crippen molar-refractivity contribution in [3.63, 3.8) is 0 Å². The van der Waals surface area contributed by atoms with Crippen molar-refractivity contribution >= 4 is 11.9 Å². The lowest BCUT2D eigenvalue weighted by Crippen LogP contribution is -2.32. The fraction of sp³-hybridized carbons (Fsp3) is 0.294. The Morgan fingerprint density at radius 3 is 2.44 bits per heavy atom. The molecule has 1 fully saturated rings. The van der Waals surface area contributed by atoms with E-state index in [2.05, 4.69) is 10.2 Å². The Morgan fingerprint density at radius 2 is 1.96 bits per heavy atom. The van der Waals surface area contributed by atoms with Gasteiger partial charge in [-0.3, -0.25) is 15.1 Å². The molecule has 0 aliphatic carbocycles. The van der Waals surface area contributed by atoms with E-state index in [0.29, 0.717) is 11.8 Å². The predicted octanol–water partition coefficient (Wildman–Crippen LogP) is 2.39. The first kappa shape index (κ1) is 18.6. The van der Waals surface area contributed by atoms with Crippen molar-refractivity contribution in [1.29, 1.82) is 5.41 Å². The van der Waals surface area contributed by atoms with E-state index in [1.165, 1.54) is 22.8 Å². The quantitative estimate of drug-likeness (QED) is 0.854. The van der Waals surface area contributed by atoms with Gasteiger partial charge in [0.15, 0.2) is 0 Å². The van der Waals surface area contributed by atoms with Gasteiger partial charge < -0.3 is 10.0 Å². The summed E-state index contributed by atoms with van der Waals surface area (Å²) in [5, 5.41) is 25.8. The first-order chi connectivity index (χ1) is 12.6. The molecule has 0 bridgehead atoms. The van der Waals surface area contributed by atoms with E-state index >= 15 is 0 Å². The number of aromatic hydroxyl groups is 1. The SMILES string of the molecule is Cc1cc(C(F)(F)F)cc(O)c1-c1ccc(CN2C(=N)N(C)CC2=O)nn1. The van der Waals surface area contributed by atoms with E-state index in [4.69, 9.17) is 5.41 Å². The number of hydrogen-bond acceptors (Lipinski definition) is 5. The maximum Gasteiger partial charge on any atom is 0.416 e. The average molecular weight is 379 g/mol. The molecule has 1 saturated heterocycles. The molecular weight excluding hydrogens is 363 g/mol. The van der Waals surface area contributed by atoms with E-state index in [-0.39, 0.29) is 41.8 Å². The summed E-state index contributed by atoms with van der Waals surface area (Å²) in [7, 11) is 1.63. The van der Waals surface area contributed by atoms with Crippen LogP contribution >= 0.6 is 0 Å². The van der Waals surface area contributed by atoms with Crippen molar-refractivity contribution in [1.82, 2.24) is 20.0 Å². The number of aromatic nitrogens is 2. The molecule has 1 aliphatic rings. The first-order valence-electron chi connectivity index (χ1n) is 7.91. The van der Waals surface area contributed by atoms with Crippen LogP contribution in [0.15, 0.2) is 24.3 Å². The number of phenolic OH excluding ortho intramolecular Hbond substituents is 1. The maximum absolute atomic E-state index is 12.8. The molecule has 3 rings (SSSR count). The van der Waals surface area contributed by atoms with Crippen LogP contribution in [0.25, 0.3) is 11.3 Å². The molecule has 0 unspecified atom stereocenters. The van der Waals surface area contributed by atoms with Gasteiger partial charge in [0.25, 0.3) is 0 Å². The number of carbonyl (C=O) groups excluding carboxylic acids is 1. The Labute approximate surface area is 152 Å². The van der Waals surface area contributed by atoms with Crippen LogP contribution in [0.5, 0.6) is 5.75 Å². The molecule has 7 nitrogen and oxygen atoms in total. The average Bonchev–Trinajstić information content (AvgIpc) is 2.81. The topological polar surface area (TPSA) is 93.4 Å². The van der Waals surface area contributed by atoms with E-state index in [0.717, 1.165) is 6.07 Å². The zero-order chi connectivity index (χ0) is 19.9. The van der Waals surface area contributed by atoms with Gasteiger partial charge in [0, 0.05) is 12.6 Å². The third-order valence-electron chi connectivity index (χ3n) is 4.23. The van der Waals surface area contributed by atoms with Crippen LogP contribution in [0.2, 0.25) is 0 Å². The van der Waals surface area contributed by atoms with Crippen LogP contribution in [0.4, 0.5) is 13.2 Å². The predicted molar refractivity (Wildman–Crippen MR) is 89.8 cm³/mol. The van der Waals surface area contributed by atoms with Gasteiger partial charge in [0.05, 0.1) is 30.0 Å². The van der Waals surface area contributed by atoms with Crippen molar-refractivity contribution < 1.29 is 23.1 Å². The van der Waals surface area contributed by atoms with Crippen LogP contribution in [0.1, 0.15) is 16.8 Å². The van der Waals surface area contributed by atoms with Crippen molar-refractivity contribution in [2.45, 2.75) is 19.6 Å². The second-order valence-electron chi connectivity index (χ2n) is 6.25. The van der Waals surface area contributed by atoms with Crippen molar-refractivity contribution in [2.24, 2.45) is 0 Å². The maximum atomic E-state index is 12.8. The molecule has 1 aromatic heterocycles. The lowest BCUT2D eigenvalue weighted by molar-refractivity contribution is -0.137. The molecule has 0 atom stereocenters. The highest BCUT2D eigenvalue weighted by atomic mass is 19.4. The van der Waals surface area contributed by atoms with Crippen molar-refractivity contribution in [3.8, 4) is 17.0 Å². The van der Waals surface area contributed by atoms with Gasteiger partial charge in [0.1, 0.15) is 5.75 Å². The molecule has 142 valence electrons. The summed E-state index contributed by atoms with van der Waals surface area (Å²) in [5.41, 5.74) is 0.0499. The largest absolute Gasteiger partial charge is 0.507 e. The van der Waals surface area contributed by atoms with Crippen LogP contribution in [0.3, 0.4) is 0 Å². The number of nitrogens with zero attached hydrogens (tertiary/aromatic N) is 4. The highest BCUT2D eigenvalue weighted by Gasteiger charge is 2.32. The third kappa shape index (κ3) is 3.55. The molecule has 0 radical (unpaired) electrons. The van der Waals surface area contributed by atoms with Crippen molar-refractivity contribution in [3.05, 3.63) is 41.1 Å². The molecule has 1 amide bonds. The van der Waals surface area contributed by atoms with Crippen LogP contribution in [-0.4, -0.2) is 50.6 Å². The summed E-state index contributed by atoms with van der Waals surface area (Å²) >= 11 is 0. The second kappa shape index (κ2) is 6.53. The number of alkyl halides is 3. The van der Waals surface area contributed by atoms with Gasteiger partial charge in [-0.2, -0.15) is 23.4 Å². The second-order valence-corrected chi connectivity index (χ2v) is 6.25. The number of benzene rings is 1. The van der Waals surface area contributed by atoms with Gasteiger partial charge in [0.2, 0.25) is 11.9 Å². The van der Waals surface area contributed by atoms with Gasteiger partial charge in [-0.25, -0.2) is 0 Å². The smallest absolute Gasteiger partial charge is 0.416 e. The summed E-state index contributed by atoms with van der Waals surface area (Å²) in [4.78, 5) is 14.6. The Hall–Kier alpha value is -3.17. The molecule has 0 spiro atoms. The fourth-order valence-electron chi connectivity index (χ4n) is 2.86. The minimum atomic E-state index is -4.56. The lowest BCUT2D eigenvalue weighted by atomic mass is 10.0. The van der Waals surface area contributed by atoms with E-state index in [1.807, 2.05) is 0 Å². The minimum Gasteiger partial charge on any atom is -0.507 e. The Balaban J connectivity index is 1.86. The fourth-order valence-corrected chi connectivity index (χ4v) is 2.86. The molecular formula is C17H16F3N5O2. The molecule has 2 aromatic rings. The lowest BCUT2D eigenvalue weighted by Gasteiger charge is -2.16. The van der Waals surface area contributed by atoms with Crippen LogP contribution in [0, 0.1) is 12.3 Å². The molecule has 1 aromatic carbocycles. The van der Waals surface area contributed by atoms with E-state index < -0.39 is 17.5 Å². The van der Waals surface area contributed by atoms with Crippen LogP contribution in [-0.2, 0) is 17.5 Å². The molecule has 0 saturated carbocycles. The monoisotopic (exact) mass is 379 g/mol. The molecule has 1 aliphatic heterocycles. The number of phenols is 1. The van der Waals surface area contributed by atoms with Gasteiger partial charge in [-0.05, 0) is 36.8 Å². The number of aryl methyl sites for hydroxylation is 1. The summed E-state index contributed by atoms with van der Waals surface area (Å²) in [6.45, 7) is 1.62. The number of carbonyl (C=O) groups is 1. The van der Waals surface area contributed by atoms with Crippen molar-refractivity contribution in [2.75, 3.05) is 13.6 Å². The molecule has 2 heterocycles. The zero-order valence-electron chi connectivity index (χ0n) is 14.5.